The van der Waals surface area contributed by atoms with Gasteiger partial charge in [-0.15, -0.1) is 0 Å². The van der Waals surface area contributed by atoms with Gasteiger partial charge < -0.3 is 0 Å². The fraction of sp³-hybridized carbons (Fsp3) is 1.00. The first-order valence-electron chi connectivity index (χ1n) is 8.12. The van der Waals surface area contributed by atoms with Crippen LogP contribution in [0.2, 0.25) is 0 Å². The van der Waals surface area contributed by atoms with Gasteiger partial charge in [0.1, 0.15) is 0 Å². The zero-order chi connectivity index (χ0) is 11.9. The summed E-state index contributed by atoms with van der Waals surface area (Å²) in [6, 6.07) is 2.75. The van der Waals surface area contributed by atoms with Gasteiger partial charge in [-0.05, 0) is 58.2 Å². The Morgan fingerprint density at radius 3 is 2.00 bits per heavy atom. The van der Waals surface area contributed by atoms with E-state index < -0.39 is 0 Å². The Hall–Kier alpha value is -0.120. The normalized spacial score (nSPS) is 40.0. The van der Waals surface area contributed by atoms with Gasteiger partial charge in [0.15, 0.2) is 0 Å². The molecule has 3 heterocycles. The summed E-state index contributed by atoms with van der Waals surface area (Å²) < 4.78 is 0. The molecule has 2 atom stereocenters. The van der Waals surface area contributed by atoms with Crippen molar-refractivity contribution in [1.82, 2.24) is 14.7 Å². The highest BCUT2D eigenvalue weighted by Crippen LogP contribution is 2.32. The van der Waals surface area contributed by atoms with Crippen molar-refractivity contribution in [2.24, 2.45) is 0 Å². The second-order valence-electron chi connectivity index (χ2n) is 6.85. The van der Waals surface area contributed by atoms with E-state index in [0.717, 1.165) is 18.1 Å². The van der Waals surface area contributed by atoms with Crippen LogP contribution in [-0.2, 0) is 0 Å². The second kappa shape index (κ2) is 4.77. The van der Waals surface area contributed by atoms with Crippen LogP contribution in [0.5, 0.6) is 0 Å². The molecule has 0 spiro atoms. The lowest BCUT2D eigenvalue weighted by Crippen LogP contribution is -2.43. The van der Waals surface area contributed by atoms with E-state index in [1.165, 1.54) is 77.8 Å². The van der Waals surface area contributed by atoms with E-state index in [9.17, 15) is 0 Å². The molecule has 3 heteroatoms. The number of fused-ring (bicyclic) bond motifs is 1. The summed E-state index contributed by atoms with van der Waals surface area (Å²) >= 11 is 0. The van der Waals surface area contributed by atoms with Crippen molar-refractivity contribution < 1.29 is 0 Å². The summed E-state index contributed by atoms with van der Waals surface area (Å²) in [7, 11) is 0. The molecular formula is C15H27N3. The van der Waals surface area contributed by atoms with Gasteiger partial charge in [-0.3, -0.25) is 14.7 Å². The molecule has 0 aromatic carbocycles. The standard InChI is InChI=1S/C15H27N3/c1-3-14-11-17(9-2-8-16(14)7-1)15-6-10-18(12-15)13-4-5-13/h13-15H,1-12H2. The summed E-state index contributed by atoms with van der Waals surface area (Å²) in [5, 5.41) is 0. The van der Waals surface area contributed by atoms with E-state index in [-0.39, 0.29) is 0 Å². The molecule has 3 saturated heterocycles. The summed E-state index contributed by atoms with van der Waals surface area (Å²) in [4.78, 5) is 8.37. The van der Waals surface area contributed by atoms with Crippen LogP contribution in [0.25, 0.3) is 0 Å². The molecule has 0 aromatic heterocycles. The minimum atomic E-state index is 0.881. The van der Waals surface area contributed by atoms with Crippen LogP contribution in [0, 0.1) is 0 Å². The lowest BCUT2D eigenvalue weighted by Gasteiger charge is -2.30. The number of rotatable bonds is 2. The van der Waals surface area contributed by atoms with Crippen LogP contribution in [0.4, 0.5) is 0 Å². The first-order valence-corrected chi connectivity index (χ1v) is 8.12. The van der Waals surface area contributed by atoms with Gasteiger partial charge >= 0.3 is 0 Å². The van der Waals surface area contributed by atoms with Crippen LogP contribution < -0.4 is 0 Å². The average Bonchev–Trinajstić information content (AvgIpc) is 3.03. The third kappa shape index (κ3) is 2.21. The molecule has 3 nitrogen and oxygen atoms in total. The van der Waals surface area contributed by atoms with E-state index >= 15 is 0 Å². The van der Waals surface area contributed by atoms with Crippen LogP contribution in [-0.4, -0.2) is 72.1 Å². The van der Waals surface area contributed by atoms with Crippen molar-refractivity contribution in [3.63, 3.8) is 0 Å². The first kappa shape index (κ1) is 11.7. The largest absolute Gasteiger partial charge is 0.299 e. The minimum Gasteiger partial charge on any atom is -0.299 e. The molecule has 4 fully saturated rings. The molecule has 4 rings (SSSR count). The van der Waals surface area contributed by atoms with E-state index in [0.29, 0.717) is 0 Å². The molecule has 102 valence electrons. The van der Waals surface area contributed by atoms with Gasteiger partial charge in [-0.25, -0.2) is 0 Å². The van der Waals surface area contributed by atoms with Crippen LogP contribution in [0.15, 0.2) is 0 Å². The Morgan fingerprint density at radius 1 is 0.500 bits per heavy atom. The van der Waals surface area contributed by atoms with Gasteiger partial charge in [0, 0.05) is 37.8 Å². The van der Waals surface area contributed by atoms with Gasteiger partial charge in [-0.2, -0.15) is 0 Å². The zero-order valence-electron chi connectivity index (χ0n) is 11.6. The lowest BCUT2D eigenvalue weighted by molar-refractivity contribution is 0.170. The Morgan fingerprint density at radius 2 is 1.17 bits per heavy atom. The van der Waals surface area contributed by atoms with Gasteiger partial charge in [0.2, 0.25) is 0 Å². The molecule has 2 unspecified atom stereocenters. The molecule has 0 aromatic rings. The predicted molar refractivity (Wildman–Crippen MR) is 73.8 cm³/mol. The quantitative estimate of drug-likeness (QED) is 0.732. The van der Waals surface area contributed by atoms with E-state index in [2.05, 4.69) is 14.7 Å². The molecule has 0 N–H and O–H groups in total. The predicted octanol–water partition coefficient (Wildman–Crippen LogP) is 1.39. The zero-order valence-corrected chi connectivity index (χ0v) is 11.6. The first-order chi connectivity index (χ1) is 8.90. The molecule has 1 saturated carbocycles. The van der Waals surface area contributed by atoms with Gasteiger partial charge in [0.25, 0.3) is 0 Å². The van der Waals surface area contributed by atoms with Crippen molar-refractivity contribution in [1.29, 1.82) is 0 Å². The fourth-order valence-electron chi connectivity index (χ4n) is 4.40. The highest BCUT2D eigenvalue weighted by atomic mass is 15.3. The number of hydrogen-bond acceptors (Lipinski definition) is 3. The number of nitrogens with zero attached hydrogens (tertiary/aromatic N) is 3. The smallest absolute Gasteiger partial charge is 0.0236 e. The topological polar surface area (TPSA) is 9.72 Å². The summed E-state index contributed by atoms with van der Waals surface area (Å²) in [5.41, 5.74) is 0. The number of hydrogen-bond donors (Lipinski definition) is 0. The Kier molecular flexibility index (Phi) is 3.10. The maximum Gasteiger partial charge on any atom is 0.0236 e. The maximum absolute atomic E-state index is 2.85. The third-order valence-electron chi connectivity index (χ3n) is 5.61. The second-order valence-corrected chi connectivity index (χ2v) is 6.85. The maximum atomic E-state index is 2.85. The Labute approximate surface area is 111 Å². The van der Waals surface area contributed by atoms with Gasteiger partial charge in [0.05, 0.1) is 0 Å². The van der Waals surface area contributed by atoms with Gasteiger partial charge in [-0.1, -0.05) is 0 Å². The molecule has 0 radical (unpaired) electrons. The Bertz CT molecular complexity index is 302. The third-order valence-corrected chi connectivity index (χ3v) is 5.61. The lowest BCUT2D eigenvalue weighted by atomic mass is 10.1. The van der Waals surface area contributed by atoms with Crippen LogP contribution in [0.3, 0.4) is 0 Å². The summed E-state index contributed by atoms with van der Waals surface area (Å²) in [5.74, 6) is 0. The molecule has 0 amide bonds. The molecule has 1 aliphatic carbocycles. The molecule has 3 aliphatic heterocycles. The molecule has 4 aliphatic rings. The monoisotopic (exact) mass is 249 g/mol. The molecular weight excluding hydrogens is 222 g/mol. The summed E-state index contributed by atoms with van der Waals surface area (Å²) in [6.45, 7) is 8.20. The highest BCUT2D eigenvalue weighted by Gasteiger charge is 2.38. The van der Waals surface area contributed by atoms with Crippen molar-refractivity contribution >= 4 is 0 Å². The SMILES string of the molecule is C1CC2CN(C3CCN(C4CC4)C3)CCCN2C1. The number of likely N-dealkylation sites (tertiary alicyclic amines) is 1. The molecule has 0 bridgehead atoms. The van der Waals surface area contributed by atoms with E-state index in [1.54, 1.807) is 0 Å². The Balaban J connectivity index is 1.38. The van der Waals surface area contributed by atoms with Crippen molar-refractivity contribution in [2.75, 3.05) is 39.3 Å². The van der Waals surface area contributed by atoms with E-state index in [4.69, 9.17) is 0 Å². The van der Waals surface area contributed by atoms with Crippen LogP contribution >= 0.6 is 0 Å². The highest BCUT2D eigenvalue weighted by molar-refractivity contribution is 4.95. The van der Waals surface area contributed by atoms with Crippen molar-refractivity contribution in [2.45, 2.75) is 56.7 Å². The fourth-order valence-corrected chi connectivity index (χ4v) is 4.40. The molecule has 18 heavy (non-hydrogen) atoms. The minimum absolute atomic E-state index is 0.881. The van der Waals surface area contributed by atoms with Crippen molar-refractivity contribution in [3.8, 4) is 0 Å². The van der Waals surface area contributed by atoms with Crippen LogP contribution in [0.1, 0.15) is 38.5 Å². The van der Waals surface area contributed by atoms with Crippen molar-refractivity contribution in [3.05, 3.63) is 0 Å². The average molecular weight is 249 g/mol. The van der Waals surface area contributed by atoms with E-state index in [1.807, 2.05) is 0 Å². The summed E-state index contributed by atoms with van der Waals surface area (Å²) in [6.07, 6.45) is 8.68.